The number of rotatable bonds is 6. The van der Waals surface area contributed by atoms with Crippen LogP contribution in [0.15, 0.2) is 34.7 Å². The van der Waals surface area contributed by atoms with Crippen molar-refractivity contribution in [2.45, 2.75) is 25.8 Å². The smallest absolute Gasteiger partial charge is 0.247 e. The van der Waals surface area contributed by atoms with E-state index in [2.05, 4.69) is 15.1 Å². The van der Waals surface area contributed by atoms with Crippen molar-refractivity contribution in [3.8, 4) is 11.5 Å². The fourth-order valence-electron chi connectivity index (χ4n) is 4.25. The van der Waals surface area contributed by atoms with E-state index in [0.29, 0.717) is 31.5 Å². The lowest BCUT2D eigenvalue weighted by Crippen LogP contribution is -2.50. The molecule has 1 aromatic carbocycles. The van der Waals surface area contributed by atoms with Gasteiger partial charge in [0.1, 0.15) is 0 Å². The summed E-state index contributed by atoms with van der Waals surface area (Å²) >= 11 is 0. The molecule has 7 nitrogen and oxygen atoms in total. The first-order valence-electron chi connectivity index (χ1n) is 9.59. The maximum absolute atomic E-state index is 13.0. The first kappa shape index (κ1) is 18.1. The summed E-state index contributed by atoms with van der Waals surface area (Å²) in [5.41, 5.74) is 0.666. The first-order valence-corrected chi connectivity index (χ1v) is 9.59. The Labute approximate surface area is 159 Å². The number of ether oxygens (including phenoxy) is 1. The average molecular weight is 370 g/mol. The van der Waals surface area contributed by atoms with Crippen LogP contribution in [0.5, 0.6) is 0 Å². The lowest BCUT2D eigenvalue weighted by Gasteiger charge is -2.39. The van der Waals surface area contributed by atoms with E-state index in [1.165, 1.54) is 0 Å². The Bertz CT molecular complexity index is 779. The van der Waals surface area contributed by atoms with Crippen molar-refractivity contribution in [1.29, 1.82) is 0 Å². The third kappa shape index (κ3) is 3.75. The van der Waals surface area contributed by atoms with Crippen molar-refractivity contribution < 1.29 is 13.9 Å². The summed E-state index contributed by atoms with van der Waals surface area (Å²) in [7, 11) is 1.68. The minimum atomic E-state index is -0.256. The molecule has 2 fully saturated rings. The molecule has 2 aromatic rings. The zero-order chi connectivity index (χ0) is 18.7. The molecule has 0 bridgehead atoms. The van der Waals surface area contributed by atoms with Gasteiger partial charge in [-0.15, -0.1) is 10.2 Å². The number of carbonyl (C=O) groups excluding carboxylic acids is 1. The SMILES string of the molecule is COCCN1CCCC2(CCN(Cc3nnc(-c4ccccc4)o3)C2)C1=O. The first-order chi connectivity index (χ1) is 13.2. The van der Waals surface area contributed by atoms with Gasteiger partial charge >= 0.3 is 0 Å². The van der Waals surface area contributed by atoms with Gasteiger partial charge in [-0.05, 0) is 37.9 Å². The molecule has 1 aromatic heterocycles. The number of benzene rings is 1. The summed E-state index contributed by atoms with van der Waals surface area (Å²) < 4.78 is 11.0. The summed E-state index contributed by atoms with van der Waals surface area (Å²) in [5, 5.41) is 8.35. The van der Waals surface area contributed by atoms with Crippen LogP contribution in [0.3, 0.4) is 0 Å². The molecule has 144 valence electrons. The van der Waals surface area contributed by atoms with Crippen LogP contribution >= 0.6 is 0 Å². The third-order valence-electron chi connectivity index (χ3n) is 5.67. The summed E-state index contributed by atoms with van der Waals surface area (Å²) in [6, 6.07) is 9.78. The number of aromatic nitrogens is 2. The van der Waals surface area contributed by atoms with Crippen LogP contribution in [-0.4, -0.2) is 65.8 Å². The second-order valence-electron chi connectivity index (χ2n) is 7.50. The van der Waals surface area contributed by atoms with Crippen molar-refractivity contribution in [2.75, 3.05) is 39.9 Å². The molecule has 3 heterocycles. The number of nitrogens with zero attached hydrogens (tertiary/aromatic N) is 4. The minimum absolute atomic E-state index is 0.256. The van der Waals surface area contributed by atoms with E-state index in [-0.39, 0.29) is 11.3 Å². The Morgan fingerprint density at radius 3 is 2.85 bits per heavy atom. The molecule has 1 atom stereocenters. The molecule has 1 amide bonds. The Balaban J connectivity index is 1.40. The Morgan fingerprint density at radius 1 is 1.19 bits per heavy atom. The van der Waals surface area contributed by atoms with Crippen LogP contribution in [0.25, 0.3) is 11.5 Å². The molecular weight excluding hydrogens is 344 g/mol. The van der Waals surface area contributed by atoms with Crippen molar-refractivity contribution in [2.24, 2.45) is 5.41 Å². The number of piperidine rings is 1. The normalized spacial score (nSPS) is 23.4. The van der Waals surface area contributed by atoms with Crippen molar-refractivity contribution in [3.05, 3.63) is 36.2 Å². The average Bonchev–Trinajstić information content (AvgIpc) is 3.32. The predicted molar refractivity (Wildman–Crippen MR) is 99.8 cm³/mol. The van der Waals surface area contributed by atoms with E-state index in [1.807, 2.05) is 35.2 Å². The van der Waals surface area contributed by atoms with Crippen LogP contribution < -0.4 is 0 Å². The van der Waals surface area contributed by atoms with Crippen LogP contribution in [0.1, 0.15) is 25.2 Å². The molecule has 0 aliphatic carbocycles. The Kier molecular flexibility index (Phi) is 5.22. The van der Waals surface area contributed by atoms with Gasteiger partial charge < -0.3 is 14.1 Å². The summed E-state index contributed by atoms with van der Waals surface area (Å²) in [6.45, 7) is 4.35. The zero-order valence-corrected chi connectivity index (χ0v) is 15.8. The molecule has 4 rings (SSSR count). The number of carbonyl (C=O) groups is 1. The van der Waals surface area contributed by atoms with Gasteiger partial charge in [0.15, 0.2) is 0 Å². The molecular formula is C20H26N4O3. The molecule has 0 saturated carbocycles. The van der Waals surface area contributed by atoms with Gasteiger partial charge in [-0.25, -0.2) is 0 Å². The second-order valence-corrected chi connectivity index (χ2v) is 7.50. The molecule has 1 unspecified atom stereocenters. The van der Waals surface area contributed by atoms with Gasteiger partial charge in [0.05, 0.1) is 18.6 Å². The van der Waals surface area contributed by atoms with Gasteiger partial charge in [-0.1, -0.05) is 18.2 Å². The van der Waals surface area contributed by atoms with Crippen molar-refractivity contribution in [3.63, 3.8) is 0 Å². The van der Waals surface area contributed by atoms with Crippen molar-refractivity contribution in [1.82, 2.24) is 20.0 Å². The fourth-order valence-corrected chi connectivity index (χ4v) is 4.25. The monoisotopic (exact) mass is 370 g/mol. The standard InChI is InChI=1S/C20H26N4O3/c1-26-13-12-24-10-5-8-20(19(24)25)9-11-23(15-20)14-17-21-22-18(27-17)16-6-3-2-4-7-16/h2-4,6-7H,5,8-15H2,1H3. The van der Waals surface area contributed by atoms with Gasteiger partial charge in [0.2, 0.25) is 17.7 Å². The van der Waals surface area contributed by atoms with Crippen LogP contribution in [-0.2, 0) is 16.1 Å². The highest BCUT2D eigenvalue weighted by molar-refractivity contribution is 5.84. The maximum atomic E-state index is 13.0. The van der Waals surface area contributed by atoms with Gasteiger partial charge in [0, 0.05) is 32.3 Å². The third-order valence-corrected chi connectivity index (χ3v) is 5.67. The lowest BCUT2D eigenvalue weighted by molar-refractivity contribution is -0.146. The van der Waals surface area contributed by atoms with Crippen molar-refractivity contribution >= 4 is 5.91 Å². The fraction of sp³-hybridized carbons (Fsp3) is 0.550. The summed E-state index contributed by atoms with van der Waals surface area (Å²) in [4.78, 5) is 17.3. The number of amides is 1. The topological polar surface area (TPSA) is 71.7 Å². The molecule has 27 heavy (non-hydrogen) atoms. The minimum Gasteiger partial charge on any atom is -0.419 e. The van der Waals surface area contributed by atoms with E-state index >= 15 is 0 Å². The van der Waals surface area contributed by atoms with Gasteiger partial charge in [-0.3, -0.25) is 9.69 Å². The lowest BCUT2D eigenvalue weighted by atomic mass is 9.78. The van der Waals surface area contributed by atoms with Crippen LogP contribution in [0.4, 0.5) is 0 Å². The van der Waals surface area contributed by atoms with E-state index in [1.54, 1.807) is 7.11 Å². The van der Waals surface area contributed by atoms with Gasteiger partial charge in [0.25, 0.3) is 0 Å². The molecule has 7 heteroatoms. The molecule has 2 aliphatic rings. The molecule has 0 radical (unpaired) electrons. The van der Waals surface area contributed by atoms with Crippen LogP contribution in [0.2, 0.25) is 0 Å². The highest BCUT2D eigenvalue weighted by Gasteiger charge is 2.48. The predicted octanol–water partition coefficient (Wildman–Crippen LogP) is 2.20. The highest BCUT2D eigenvalue weighted by atomic mass is 16.5. The Hall–Kier alpha value is -2.25. The molecule has 1 spiro atoms. The molecule has 2 saturated heterocycles. The zero-order valence-electron chi connectivity index (χ0n) is 15.8. The van der Waals surface area contributed by atoms with E-state index < -0.39 is 0 Å². The summed E-state index contributed by atoms with van der Waals surface area (Å²) in [5.74, 6) is 1.42. The van der Waals surface area contributed by atoms with E-state index in [9.17, 15) is 4.79 Å². The quantitative estimate of drug-likeness (QED) is 0.776. The summed E-state index contributed by atoms with van der Waals surface area (Å²) in [6.07, 6.45) is 2.92. The van der Waals surface area contributed by atoms with Gasteiger partial charge in [-0.2, -0.15) is 0 Å². The van der Waals surface area contributed by atoms with E-state index in [0.717, 1.165) is 44.5 Å². The second kappa shape index (κ2) is 7.78. The number of likely N-dealkylation sites (tertiary alicyclic amines) is 2. The highest BCUT2D eigenvalue weighted by Crippen LogP contribution is 2.40. The number of hydrogen-bond donors (Lipinski definition) is 0. The number of hydrogen-bond acceptors (Lipinski definition) is 6. The van der Waals surface area contributed by atoms with Crippen LogP contribution in [0, 0.1) is 5.41 Å². The Morgan fingerprint density at radius 2 is 2.04 bits per heavy atom. The molecule has 2 aliphatic heterocycles. The maximum Gasteiger partial charge on any atom is 0.247 e. The largest absolute Gasteiger partial charge is 0.419 e. The number of methoxy groups -OCH3 is 1. The molecule has 0 N–H and O–H groups in total. The van der Waals surface area contributed by atoms with E-state index in [4.69, 9.17) is 9.15 Å².